The maximum atomic E-state index is 13.8. The molecule has 20 heavy (non-hydrogen) atoms. The van der Waals surface area contributed by atoms with Gasteiger partial charge in [-0.3, -0.25) is 4.57 Å². The third-order valence-corrected chi connectivity index (χ3v) is 4.85. The summed E-state index contributed by atoms with van der Waals surface area (Å²) >= 11 is 9.26. The number of fused-ring (bicyclic) bond motifs is 1. The molecule has 0 radical (unpaired) electrons. The average molecular weight is 514 g/mol. The van der Waals surface area contributed by atoms with Crippen LogP contribution in [0, 0.1) is 23.5 Å². The molecular weight excluding hydrogens is 508 g/mol. The summed E-state index contributed by atoms with van der Waals surface area (Å²) in [6.45, 7) is 0. The van der Waals surface area contributed by atoms with E-state index in [9.17, 15) is 8.78 Å². The fourth-order valence-electron chi connectivity index (χ4n) is 2.00. The van der Waals surface area contributed by atoms with Gasteiger partial charge in [-0.05, 0) is 81.7 Å². The first-order chi connectivity index (χ1) is 9.47. The average Bonchev–Trinajstić information content (AvgIpc) is 2.66. The Morgan fingerprint density at radius 1 is 1.05 bits per heavy atom. The molecule has 1 N–H and O–H groups in total. The number of hydrogen-bond acceptors (Lipinski definition) is 1. The zero-order valence-corrected chi connectivity index (χ0v) is 14.9. The van der Waals surface area contributed by atoms with E-state index in [4.69, 9.17) is 12.2 Å². The van der Waals surface area contributed by atoms with Gasteiger partial charge in [-0.2, -0.15) is 0 Å². The van der Waals surface area contributed by atoms with Gasteiger partial charge in [0.2, 0.25) is 0 Å². The van der Waals surface area contributed by atoms with Gasteiger partial charge in [0.05, 0.1) is 20.3 Å². The van der Waals surface area contributed by atoms with Crippen LogP contribution in [-0.4, -0.2) is 9.55 Å². The Morgan fingerprint density at radius 2 is 1.80 bits per heavy atom. The van der Waals surface area contributed by atoms with Gasteiger partial charge in [0.15, 0.2) is 4.77 Å². The molecular formula is C13H6F2I2N2S. The lowest BCUT2D eigenvalue weighted by Crippen LogP contribution is -1.98. The van der Waals surface area contributed by atoms with E-state index in [2.05, 4.69) is 4.98 Å². The highest BCUT2D eigenvalue weighted by atomic mass is 127. The van der Waals surface area contributed by atoms with Crippen molar-refractivity contribution in [3.05, 3.63) is 53.9 Å². The summed E-state index contributed by atoms with van der Waals surface area (Å²) in [5, 5.41) is 0. The third-order valence-electron chi connectivity index (χ3n) is 2.87. The number of H-pyrrole nitrogens is 1. The summed E-state index contributed by atoms with van der Waals surface area (Å²) in [6, 6.07) is 7.55. The van der Waals surface area contributed by atoms with Crippen molar-refractivity contribution in [1.29, 1.82) is 0 Å². The lowest BCUT2D eigenvalue weighted by Gasteiger charge is -2.07. The molecule has 0 saturated carbocycles. The summed E-state index contributed by atoms with van der Waals surface area (Å²) in [6.07, 6.45) is 0. The zero-order chi connectivity index (χ0) is 14.4. The topological polar surface area (TPSA) is 20.7 Å². The van der Waals surface area contributed by atoms with Crippen LogP contribution in [0.15, 0.2) is 30.3 Å². The van der Waals surface area contributed by atoms with Gasteiger partial charge in [-0.15, -0.1) is 0 Å². The summed E-state index contributed by atoms with van der Waals surface area (Å²) in [4.78, 5) is 3.04. The van der Waals surface area contributed by atoms with Gasteiger partial charge in [0, 0.05) is 9.64 Å². The molecule has 0 fully saturated rings. The highest BCUT2D eigenvalue weighted by molar-refractivity contribution is 14.1. The normalized spacial score (nSPS) is 11.2. The third kappa shape index (κ3) is 2.39. The largest absolute Gasteiger partial charge is 0.330 e. The Morgan fingerprint density at radius 3 is 2.50 bits per heavy atom. The van der Waals surface area contributed by atoms with Crippen LogP contribution in [-0.2, 0) is 0 Å². The molecule has 102 valence electrons. The van der Waals surface area contributed by atoms with Crippen LogP contribution < -0.4 is 0 Å². The van der Waals surface area contributed by atoms with Crippen LogP contribution in [0.1, 0.15) is 0 Å². The van der Waals surface area contributed by atoms with E-state index in [1.807, 2.05) is 45.2 Å². The molecule has 0 aliphatic rings. The van der Waals surface area contributed by atoms with Crippen molar-refractivity contribution >= 4 is 68.4 Å². The van der Waals surface area contributed by atoms with Gasteiger partial charge in [-0.25, -0.2) is 8.78 Å². The molecule has 3 rings (SSSR count). The molecule has 0 spiro atoms. The molecule has 0 unspecified atom stereocenters. The van der Waals surface area contributed by atoms with Crippen molar-refractivity contribution in [2.45, 2.75) is 0 Å². The number of aromatic amines is 1. The van der Waals surface area contributed by atoms with Crippen LogP contribution in [0.3, 0.4) is 0 Å². The van der Waals surface area contributed by atoms with E-state index in [-0.39, 0.29) is 11.6 Å². The number of nitrogens with zero attached hydrogens (tertiary/aromatic N) is 1. The molecule has 2 nitrogen and oxygen atoms in total. The molecule has 3 aromatic rings. The standard InChI is InChI=1S/C13H6F2I2N2S/c14-6-1-2-11(9(17)3-6)19-12-4-7(15)8(16)5-10(12)18-13(19)20/h1-5H,(H,18,20). The van der Waals surface area contributed by atoms with Crippen LogP contribution in [0.5, 0.6) is 0 Å². The van der Waals surface area contributed by atoms with E-state index >= 15 is 0 Å². The smallest absolute Gasteiger partial charge is 0.182 e. The van der Waals surface area contributed by atoms with Crippen molar-refractivity contribution < 1.29 is 8.78 Å². The van der Waals surface area contributed by atoms with Crippen LogP contribution in [0.2, 0.25) is 0 Å². The van der Waals surface area contributed by atoms with Crippen LogP contribution >= 0.6 is 57.4 Å². The van der Waals surface area contributed by atoms with Crippen LogP contribution in [0.4, 0.5) is 8.78 Å². The number of imidazole rings is 1. The molecule has 0 aliphatic carbocycles. The van der Waals surface area contributed by atoms with Crippen LogP contribution in [0.25, 0.3) is 16.7 Å². The number of benzene rings is 2. The van der Waals surface area contributed by atoms with Gasteiger partial charge in [0.25, 0.3) is 0 Å². The predicted molar refractivity (Wildman–Crippen MR) is 93.8 cm³/mol. The molecule has 0 atom stereocenters. The van der Waals surface area contributed by atoms with E-state index in [0.717, 1.165) is 11.2 Å². The highest BCUT2D eigenvalue weighted by Crippen LogP contribution is 2.26. The molecule has 0 aliphatic heterocycles. The van der Waals surface area contributed by atoms with E-state index in [0.29, 0.717) is 17.4 Å². The van der Waals surface area contributed by atoms with Crippen molar-refractivity contribution in [2.75, 3.05) is 0 Å². The van der Waals surface area contributed by atoms with Gasteiger partial charge >= 0.3 is 0 Å². The lowest BCUT2D eigenvalue weighted by molar-refractivity contribution is 0.621. The molecule has 2 aromatic carbocycles. The lowest BCUT2D eigenvalue weighted by atomic mass is 10.2. The monoisotopic (exact) mass is 514 g/mol. The molecule has 7 heteroatoms. The SMILES string of the molecule is Fc1ccc(-n2c(=S)[nH]c3cc(I)c(F)cc32)c(I)c1. The molecule has 0 bridgehead atoms. The summed E-state index contributed by atoms with van der Waals surface area (Å²) in [7, 11) is 0. The van der Waals surface area contributed by atoms with Crippen molar-refractivity contribution in [2.24, 2.45) is 0 Å². The van der Waals surface area contributed by atoms with Gasteiger partial charge < -0.3 is 4.98 Å². The Kier molecular flexibility index (Phi) is 3.84. The fourth-order valence-corrected chi connectivity index (χ4v) is 3.50. The van der Waals surface area contributed by atoms with Crippen molar-refractivity contribution in [3.63, 3.8) is 0 Å². The zero-order valence-electron chi connectivity index (χ0n) is 9.75. The number of rotatable bonds is 1. The Labute approximate surface area is 145 Å². The predicted octanol–water partition coefficient (Wildman–Crippen LogP) is 5.18. The number of aromatic nitrogens is 2. The van der Waals surface area contributed by atoms with Crippen molar-refractivity contribution in [3.8, 4) is 5.69 Å². The first-order valence-corrected chi connectivity index (χ1v) is 8.09. The second kappa shape index (κ2) is 5.34. The summed E-state index contributed by atoms with van der Waals surface area (Å²) in [5.41, 5.74) is 2.11. The second-order valence-electron chi connectivity index (χ2n) is 4.14. The van der Waals surface area contributed by atoms with Gasteiger partial charge in [0.1, 0.15) is 11.6 Å². The second-order valence-corrected chi connectivity index (χ2v) is 6.86. The maximum absolute atomic E-state index is 13.8. The molecule has 0 amide bonds. The highest BCUT2D eigenvalue weighted by Gasteiger charge is 2.12. The fraction of sp³-hybridized carbons (Fsp3) is 0. The molecule has 1 aromatic heterocycles. The number of nitrogens with one attached hydrogen (secondary N) is 1. The first kappa shape index (κ1) is 14.4. The quantitative estimate of drug-likeness (QED) is 0.351. The Bertz CT molecular complexity index is 886. The molecule has 1 heterocycles. The minimum Gasteiger partial charge on any atom is -0.330 e. The molecule has 0 saturated heterocycles. The van der Waals surface area contributed by atoms with E-state index in [1.54, 1.807) is 16.7 Å². The first-order valence-electron chi connectivity index (χ1n) is 5.52. The van der Waals surface area contributed by atoms with Gasteiger partial charge in [-0.1, -0.05) is 0 Å². The minimum absolute atomic E-state index is 0.307. The summed E-state index contributed by atoms with van der Waals surface area (Å²) in [5.74, 6) is -0.622. The minimum atomic E-state index is -0.315. The Hall–Kier alpha value is -0.550. The van der Waals surface area contributed by atoms with E-state index < -0.39 is 0 Å². The maximum Gasteiger partial charge on any atom is 0.182 e. The van der Waals surface area contributed by atoms with E-state index in [1.165, 1.54) is 18.2 Å². The Balaban J connectivity index is 2.39. The van der Waals surface area contributed by atoms with Crippen molar-refractivity contribution in [1.82, 2.24) is 9.55 Å². The summed E-state index contributed by atoms with van der Waals surface area (Å²) < 4.78 is 30.4. The number of halogens is 4. The number of hydrogen-bond donors (Lipinski definition) is 1.